The fourth-order valence-electron chi connectivity index (χ4n) is 4.05. The van der Waals surface area contributed by atoms with Gasteiger partial charge in [-0.25, -0.2) is 4.18 Å². The highest BCUT2D eigenvalue weighted by Gasteiger charge is 2.14. The van der Waals surface area contributed by atoms with E-state index in [1.807, 2.05) is 0 Å². The van der Waals surface area contributed by atoms with E-state index >= 15 is 0 Å². The van der Waals surface area contributed by atoms with Crippen molar-refractivity contribution < 1.29 is 26.6 Å². The number of ether oxygens (including phenoxy) is 2. The van der Waals surface area contributed by atoms with Crippen LogP contribution in [-0.4, -0.2) is 45.5 Å². The van der Waals surface area contributed by atoms with Gasteiger partial charge >= 0.3 is 10.4 Å². The molecule has 0 aromatic rings. The molecule has 0 aliphatic heterocycles. The second kappa shape index (κ2) is 25.9. The lowest BCUT2D eigenvalue weighted by Crippen LogP contribution is -2.28. The van der Waals surface area contributed by atoms with Crippen molar-refractivity contribution in [2.75, 3.05) is 26.4 Å². The third-order valence-corrected chi connectivity index (χ3v) is 6.63. The molecule has 0 saturated heterocycles. The molecule has 1 N–H and O–H groups in total. The Labute approximate surface area is 211 Å². The van der Waals surface area contributed by atoms with Crippen molar-refractivity contribution in [3.05, 3.63) is 0 Å². The highest BCUT2D eigenvalue weighted by Crippen LogP contribution is 2.12. The van der Waals surface area contributed by atoms with E-state index in [1.54, 1.807) is 0 Å². The van der Waals surface area contributed by atoms with Gasteiger partial charge in [-0.05, 0) is 12.8 Å². The lowest BCUT2D eigenvalue weighted by atomic mass is 10.1. The van der Waals surface area contributed by atoms with E-state index in [2.05, 4.69) is 18.0 Å². The summed E-state index contributed by atoms with van der Waals surface area (Å²) < 4.78 is 46.7. The Hall–Kier alpha value is -0.210. The molecule has 0 aliphatic rings. The van der Waals surface area contributed by atoms with Crippen LogP contribution in [0.5, 0.6) is 0 Å². The van der Waals surface area contributed by atoms with Gasteiger partial charge in [-0.15, -0.1) is 0 Å². The van der Waals surface area contributed by atoms with Gasteiger partial charge in [-0.1, -0.05) is 129 Å². The summed E-state index contributed by atoms with van der Waals surface area (Å²) in [5.41, 5.74) is 0. The molecule has 0 spiro atoms. The average molecular weight is 509 g/mol. The number of unbranched alkanes of at least 4 members (excludes halogenated alkanes) is 18. The first-order chi connectivity index (χ1) is 16.5. The molecule has 0 bridgehead atoms. The first-order valence-electron chi connectivity index (χ1n) is 14.3. The van der Waals surface area contributed by atoms with Crippen LogP contribution in [0.25, 0.3) is 0 Å². The van der Waals surface area contributed by atoms with Crippen LogP contribution < -0.4 is 0 Å². The molecule has 0 aromatic heterocycles. The van der Waals surface area contributed by atoms with E-state index in [0.717, 1.165) is 25.7 Å². The van der Waals surface area contributed by atoms with Crippen LogP contribution >= 0.6 is 0 Å². The Morgan fingerprint density at radius 1 is 0.559 bits per heavy atom. The molecule has 0 rings (SSSR count). The molecule has 6 nitrogen and oxygen atoms in total. The smallest absolute Gasteiger partial charge is 0.379 e. The fourth-order valence-corrected chi connectivity index (χ4v) is 4.38. The van der Waals surface area contributed by atoms with Crippen molar-refractivity contribution in [2.45, 2.75) is 148 Å². The maximum absolute atomic E-state index is 10.9. The molecular formula is C27H56O6S. The molecule has 206 valence electrons. The summed E-state index contributed by atoms with van der Waals surface area (Å²) in [6.07, 6.45) is 24.8. The normalized spacial score (nSPS) is 12.9. The van der Waals surface area contributed by atoms with Gasteiger partial charge in [0.05, 0.1) is 13.2 Å². The fraction of sp³-hybridized carbons (Fsp3) is 1.00. The Morgan fingerprint density at radius 3 is 1.35 bits per heavy atom. The summed E-state index contributed by atoms with van der Waals surface area (Å²) in [4.78, 5) is 0. The molecule has 0 fully saturated rings. The molecule has 1 unspecified atom stereocenters. The number of hydrogen-bond acceptors (Lipinski definition) is 5. The van der Waals surface area contributed by atoms with Crippen LogP contribution in [0.3, 0.4) is 0 Å². The minimum Gasteiger partial charge on any atom is -0.379 e. The van der Waals surface area contributed by atoms with Crippen LogP contribution in [0.1, 0.15) is 142 Å². The molecule has 0 aliphatic carbocycles. The quantitative estimate of drug-likeness (QED) is 0.0850. The van der Waals surface area contributed by atoms with Gasteiger partial charge in [-0.3, -0.25) is 4.55 Å². The second-order valence-electron chi connectivity index (χ2n) is 9.64. The van der Waals surface area contributed by atoms with Crippen LogP contribution in [-0.2, 0) is 24.1 Å². The first-order valence-corrected chi connectivity index (χ1v) is 15.7. The zero-order chi connectivity index (χ0) is 25.2. The average Bonchev–Trinajstić information content (AvgIpc) is 2.80. The summed E-state index contributed by atoms with van der Waals surface area (Å²) in [6.45, 7) is 5.75. The highest BCUT2D eigenvalue weighted by molar-refractivity contribution is 7.80. The molecule has 1 atom stereocenters. The van der Waals surface area contributed by atoms with E-state index in [4.69, 9.17) is 14.0 Å². The summed E-state index contributed by atoms with van der Waals surface area (Å²) in [5.74, 6) is 0. The van der Waals surface area contributed by atoms with Gasteiger partial charge in [-0.2, -0.15) is 8.42 Å². The van der Waals surface area contributed by atoms with Crippen LogP contribution in [0, 0.1) is 0 Å². The molecule has 34 heavy (non-hydrogen) atoms. The Morgan fingerprint density at radius 2 is 0.941 bits per heavy atom. The molecular weight excluding hydrogens is 452 g/mol. The van der Waals surface area contributed by atoms with E-state index in [1.165, 1.54) is 103 Å². The van der Waals surface area contributed by atoms with Gasteiger partial charge in [0, 0.05) is 13.2 Å². The predicted molar refractivity (Wildman–Crippen MR) is 142 cm³/mol. The van der Waals surface area contributed by atoms with E-state index in [0.29, 0.717) is 13.2 Å². The first kappa shape index (κ1) is 33.8. The summed E-state index contributed by atoms with van der Waals surface area (Å²) in [7, 11) is -4.46. The van der Waals surface area contributed by atoms with Crippen LogP contribution in [0.2, 0.25) is 0 Å². The highest BCUT2D eigenvalue weighted by atomic mass is 32.3. The van der Waals surface area contributed by atoms with E-state index in [-0.39, 0.29) is 13.2 Å². The van der Waals surface area contributed by atoms with Crippen LogP contribution in [0.15, 0.2) is 0 Å². The monoisotopic (exact) mass is 508 g/mol. The summed E-state index contributed by atoms with van der Waals surface area (Å²) >= 11 is 0. The van der Waals surface area contributed by atoms with Crippen molar-refractivity contribution in [3.8, 4) is 0 Å². The molecule has 0 saturated carbocycles. The van der Waals surface area contributed by atoms with Gasteiger partial charge in [0.15, 0.2) is 0 Å². The van der Waals surface area contributed by atoms with Crippen molar-refractivity contribution in [2.24, 2.45) is 0 Å². The van der Waals surface area contributed by atoms with E-state index in [9.17, 15) is 8.42 Å². The number of hydrogen-bond donors (Lipinski definition) is 1. The second-order valence-corrected chi connectivity index (χ2v) is 10.7. The van der Waals surface area contributed by atoms with Gasteiger partial charge in [0.1, 0.15) is 6.10 Å². The Balaban J connectivity index is 3.74. The predicted octanol–water partition coefficient (Wildman–Crippen LogP) is 8.05. The summed E-state index contributed by atoms with van der Waals surface area (Å²) in [6, 6.07) is 0. The van der Waals surface area contributed by atoms with Crippen molar-refractivity contribution in [1.29, 1.82) is 0 Å². The molecule has 0 heterocycles. The Kier molecular flexibility index (Phi) is 25.7. The lowest BCUT2D eigenvalue weighted by molar-refractivity contribution is -0.0394. The molecule has 0 radical (unpaired) electrons. The summed E-state index contributed by atoms with van der Waals surface area (Å²) in [5, 5.41) is 0. The zero-order valence-corrected chi connectivity index (χ0v) is 23.3. The zero-order valence-electron chi connectivity index (χ0n) is 22.4. The van der Waals surface area contributed by atoms with Crippen molar-refractivity contribution in [3.63, 3.8) is 0 Å². The van der Waals surface area contributed by atoms with E-state index < -0.39 is 16.5 Å². The maximum atomic E-state index is 10.9. The SMILES string of the molecule is CCCCCCCCCCCCOCC(COS(=O)(=O)O)OCCCCCCCCCCCC. The van der Waals surface area contributed by atoms with Gasteiger partial charge in [0.25, 0.3) is 0 Å². The van der Waals surface area contributed by atoms with Crippen molar-refractivity contribution in [1.82, 2.24) is 0 Å². The minimum absolute atomic E-state index is 0.214. The molecule has 0 aromatic carbocycles. The van der Waals surface area contributed by atoms with Crippen molar-refractivity contribution >= 4 is 10.4 Å². The van der Waals surface area contributed by atoms with Gasteiger partial charge < -0.3 is 9.47 Å². The van der Waals surface area contributed by atoms with Gasteiger partial charge in [0.2, 0.25) is 0 Å². The molecule has 7 heteroatoms. The molecule has 0 amide bonds. The lowest BCUT2D eigenvalue weighted by Gasteiger charge is -2.17. The largest absolute Gasteiger partial charge is 0.397 e. The number of rotatable bonds is 28. The maximum Gasteiger partial charge on any atom is 0.397 e. The third-order valence-electron chi connectivity index (χ3n) is 6.20. The topological polar surface area (TPSA) is 82.1 Å². The minimum atomic E-state index is -4.46. The van der Waals surface area contributed by atoms with Crippen LogP contribution in [0.4, 0.5) is 0 Å². The third kappa shape index (κ3) is 28.0. The standard InChI is InChI=1S/C27H56O6S/c1-3-5-7-9-11-13-15-17-19-21-23-31-25-27(26-33-34(28,29)30)32-24-22-20-18-16-14-12-10-8-6-4-2/h27H,3-26H2,1-2H3,(H,28,29,30). The Bertz CT molecular complexity index is 497.